The van der Waals surface area contributed by atoms with E-state index in [1.54, 1.807) is 11.8 Å². The van der Waals surface area contributed by atoms with Crippen molar-refractivity contribution in [1.82, 2.24) is 14.8 Å². The molecule has 1 heterocycles. The zero-order chi connectivity index (χ0) is 24.3. The molecule has 0 aliphatic heterocycles. The number of aromatic nitrogens is 3. The van der Waals surface area contributed by atoms with Gasteiger partial charge < -0.3 is 29.4 Å². The molecule has 0 aliphatic carbocycles. The number of nitrogens with one attached hydrogen (secondary N) is 1. The summed E-state index contributed by atoms with van der Waals surface area (Å²) in [5.41, 5.74) is 2.51. The normalized spacial score (nSPS) is 12.1. The lowest BCUT2D eigenvalue weighted by Crippen LogP contribution is -2.26. The highest BCUT2D eigenvalue weighted by molar-refractivity contribution is 5.61. The van der Waals surface area contributed by atoms with Crippen LogP contribution in [-0.4, -0.2) is 72.2 Å². The van der Waals surface area contributed by atoms with Gasteiger partial charge in [0, 0.05) is 24.4 Å². The number of aliphatic hydroxyl groups is 1. The van der Waals surface area contributed by atoms with Crippen LogP contribution in [0.4, 0.5) is 5.69 Å². The smallest absolute Gasteiger partial charge is 0.336 e. The molecular formula is C25H34N4O5. The van der Waals surface area contributed by atoms with Crippen LogP contribution < -0.4 is 14.8 Å². The molecular weight excluding hydrogens is 436 g/mol. The molecule has 2 N–H and O–H groups in total. The molecule has 34 heavy (non-hydrogen) atoms. The maximum Gasteiger partial charge on any atom is 0.336 e. The van der Waals surface area contributed by atoms with Crippen molar-refractivity contribution in [2.75, 3.05) is 45.4 Å². The third kappa shape index (κ3) is 7.44. The van der Waals surface area contributed by atoms with Gasteiger partial charge in [0.15, 0.2) is 5.82 Å². The molecule has 0 fully saturated rings. The van der Waals surface area contributed by atoms with Gasteiger partial charge in [-0.3, -0.25) is 0 Å². The fourth-order valence-corrected chi connectivity index (χ4v) is 3.14. The first-order valence-corrected chi connectivity index (χ1v) is 11.5. The summed E-state index contributed by atoms with van der Waals surface area (Å²) < 4.78 is 23.5. The van der Waals surface area contributed by atoms with Gasteiger partial charge in [-0.15, -0.1) is 5.10 Å². The Morgan fingerprint density at radius 2 is 1.88 bits per heavy atom. The second-order valence-electron chi connectivity index (χ2n) is 7.87. The summed E-state index contributed by atoms with van der Waals surface area (Å²) in [5, 5.41) is 18.0. The Morgan fingerprint density at radius 3 is 2.59 bits per heavy atom. The number of anilines is 1. The van der Waals surface area contributed by atoms with Crippen LogP contribution in [0.25, 0.3) is 17.1 Å². The first kappa shape index (κ1) is 25.5. The average Bonchev–Trinajstić information content (AvgIpc) is 3.28. The van der Waals surface area contributed by atoms with Crippen LogP contribution >= 0.6 is 0 Å². The molecule has 9 heteroatoms. The van der Waals surface area contributed by atoms with E-state index in [0.29, 0.717) is 32.2 Å². The van der Waals surface area contributed by atoms with E-state index in [2.05, 4.69) is 15.4 Å². The molecule has 2 aromatic carbocycles. The molecule has 0 aliphatic rings. The van der Waals surface area contributed by atoms with E-state index in [9.17, 15) is 5.11 Å². The Kier molecular flexibility index (Phi) is 9.69. The van der Waals surface area contributed by atoms with Crippen molar-refractivity contribution in [2.24, 2.45) is 0 Å². The third-order valence-electron chi connectivity index (χ3n) is 4.85. The van der Waals surface area contributed by atoms with Crippen molar-refractivity contribution in [3.63, 3.8) is 0 Å². The monoisotopic (exact) mass is 470 g/mol. The topological polar surface area (TPSA) is 99.9 Å². The van der Waals surface area contributed by atoms with Gasteiger partial charge in [-0.05, 0) is 63.2 Å². The van der Waals surface area contributed by atoms with Crippen LogP contribution in [0.15, 0.2) is 48.5 Å². The number of aliphatic hydroxyl groups excluding tert-OH is 1. The Balaban J connectivity index is 1.81. The third-order valence-corrected chi connectivity index (χ3v) is 4.85. The number of methoxy groups -OCH3 is 1. The molecule has 3 rings (SSSR count). The Bertz CT molecular complexity index is 1010. The maximum absolute atomic E-state index is 10.2. The molecule has 1 unspecified atom stereocenters. The summed E-state index contributed by atoms with van der Waals surface area (Å²) in [6, 6.07) is 15.6. The van der Waals surface area contributed by atoms with Crippen LogP contribution in [0.5, 0.6) is 11.8 Å². The second kappa shape index (κ2) is 12.9. The van der Waals surface area contributed by atoms with Crippen LogP contribution in [0, 0.1) is 0 Å². The minimum atomic E-state index is -0.613. The Morgan fingerprint density at radius 1 is 1.09 bits per heavy atom. The largest absolute Gasteiger partial charge is 0.497 e. The van der Waals surface area contributed by atoms with E-state index >= 15 is 0 Å². The molecule has 0 saturated carbocycles. The number of nitrogens with zero attached hydrogens (tertiary/aromatic N) is 3. The maximum atomic E-state index is 10.2. The van der Waals surface area contributed by atoms with Gasteiger partial charge in [0.05, 0.1) is 38.2 Å². The van der Waals surface area contributed by atoms with Crippen molar-refractivity contribution in [3.05, 3.63) is 48.5 Å². The van der Waals surface area contributed by atoms with Crippen LogP contribution in [0.3, 0.4) is 0 Å². The van der Waals surface area contributed by atoms with Gasteiger partial charge in [-0.1, -0.05) is 6.07 Å². The summed E-state index contributed by atoms with van der Waals surface area (Å²) in [4.78, 5) is 4.61. The quantitative estimate of drug-likeness (QED) is 0.345. The lowest BCUT2D eigenvalue weighted by Gasteiger charge is -2.15. The van der Waals surface area contributed by atoms with Crippen LogP contribution in [0.1, 0.15) is 20.8 Å². The van der Waals surface area contributed by atoms with Gasteiger partial charge in [0.2, 0.25) is 0 Å². The number of rotatable bonds is 14. The SMILES string of the molecule is CCOCCOc1nc(-c2ccc(OC)cc2)n(-c2cccc(NCC(O)COC(C)C)c2)n1. The van der Waals surface area contributed by atoms with Gasteiger partial charge >= 0.3 is 6.01 Å². The zero-order valence-corrected chi connectivity index (χ0v) is 20.2. The summed E-state index contributed by atoms with van der Waals surface area (Å²) in [5.74, 6) is 1.39. The van der Waals surface area contributed by atoms with Crippen LogP contribution in [0.2, 0.25) is 0 Å². The lowest BCUT2D eigenvalue weighted by atomic mass is 10.2. The zero-order valence-electron chi connectivity index (χ0n) is 20.2. The van der Waals surface area contributed by atoms with Crippen molar-refractivity contribution in [2.45, 2.75) is 33.0 Å². The summed E-state index contributed by atoms with van der Waals surface area (Å²) in [6.07, 6.45) is -0.538. The van der Waals surface area contributed by atoms with E-state index in [-0.39, 0.29) is 18.7 Å². The average molecular weight is 471 g/mol. The molecule has 3 aromatic rings. The van der Waals surface area contributed by atoms with E-state index in [0.717, 1.165) is 22.7 Å². The van der Waals surface area contributed by atoms with Crippen molar-refractivity contribution >= 4 is 5.69 Å². The highest BCUT2D eigenvalue weighted by atomic mass is 16.5. The summed E-state index contributed by atoms with van der Waals surface area (Å²) >= 11 is 0. The van der Waals surface area contributed by atoms with Crippen molar-refractivity contribution in [1.29, 1.82) is 0 Å². The van der Waals surface area contributed by atoms with Gasteiger partial charge in [-0.2, -0.15) is 4.98 Å². The molecule has 0 saturated heterocycles. The van der Waals surface area contributed by atoms with Gasteiger partial charge in [0.25, 0.3) is 0 Å². The molecule has 1 aromatic heterocycles. The molecule has 0 bridgehead atoms. The number of hydrogen-bond acceptors (Lipinski definition) is 8. The van der Waals surface area contributed by atoms with Crippen molar-refractivity contribution in [3.8, 4) is 28.8 Å². The van der Waals surface area contributed by atoms with Gasteiger partial charge in [-0.25, -0.2) is 4.68 Å². The fourth-order valence-electron chi connectivity index (χ4n) is 3.14. The molecule has 1 atom stereocenters. The highest BCUT2D eigenvalue weighted by Crippen LogP contribution is 2.26. The number of benzene rings is 2. The highest BCUT2D eigenvalue weighted by Gasteiger charge is 2.16. The minimum Gasteiger partial charge on any atom is -0.497 e. The van der Waals surface area contributed by atoms with E-state index in [1.807, 2.05) is 69.3 Å². The molecule has 184 valence electrons. The Labute approximate surface area is 200 Å². The van der Waals surface area contributed by atoms with E-state index in [1.165, 1.54) is 0 Å². The lowest BCUT2D eigenvalue weighted by molar-refractivity contribution is 0.0112. The predicted molar refractivity (Wildman–Crippen MR) is 131 cm³/mol. The Hall–Kier alpha value is -3.14. The first-order chi connectivity index (χ1) is 16.5. The number of ether oxygens (including phenoxy) is 4. The van der Waals surface area contributed by atoms with Crippen molar-refractivity contribution < 1.29 is 24.1 Å². The number of hydrogen-bond donors (Lipinski definition) is 2. The molecule has 0 spiro atoms. The second-order valence-corrected chi connectivity index (χ2v) is 7.87. The molecule has 0 radical (unpaired) electrons. The summed E-state index contributed by atoms with van der Waals surface area (Å²) in [7, 11) is 1.63. The van der Waals surface area contributed by atoms with Crippen LogP contribution in [-0.2, 0) is 9.47 Å². The van der Waals surface area contributed by atoms with E-state index in [4.69, 9.17) is 18.9 Å². The summed E-state index contributed by atoms with van der Waals surface area (Å²) in [6.45, 7) is 7.91. The minimum absolute atomic E-state index is 0.0756. The molecule has 0 amide bonds. The first-order valence-electron chi connectivity index (χ1n) is 11.5. The predicted octanol–water partition coefficient (Wildman–Crippen LogP) is 3.56. The standard InChI is InChI=1S/C25H34N4O5/c1-5-32-13-14-33-25-27-24(19-9-11-23(31-4)12-10-19)29(28-25)21-8-6-7-20(15-21)26-16-22(30)17-34-18(2)3/h6-12,15,18,22,26,30H,5,13-14,16-17H2,1-4H3. The molecule has 9 nitrogen and oxygen atoms in total. The fraction of sp³-hybridized carbons (Fsp3) is 0.440. The van der Waals surface area contributed by atoms with E-state index < -0.39 is 6.10 Å². The van der Waals surface area contributed by atoms with Gasteiger partial charge in [0.1, 0.15) is 12.4 Å².